The normalized spacial score (nSPS) is 15.1. The number of ether oxygens (including phenoxy) is 2. The van der Waals surface area contributed by atoms with Crippen LogP contribution in [0.3, 0.4) is 0 Å². The lowest BCUT2D eigenvalue weighted by atomic mass is 9.94. The van der Waals surface area contributed by atoms with Crippen molar-refractivity contribution in [3.63, 3.8) is 0 Å². The lowest BCUT2D eigenvalue weighted by Gasteiger charge is -2.25. The Bertz CT molecular complexity index is 1720. The van der Waals surface area contributed by atoms with Crippen molar-refractivity contribution in [2.24, 2.45) is 4.99 Å². The van der Waals surface area contributed by atoms with Crippen LogP contribution >= 0.6 is 11.3 Å². The monoisotopic (exact) mass is 525 g/mol. The Kier molecular flexibility index (Phi) is 6.98. The number of hydrogen-bond donors (Lipinski definition) is 1. The van der Waals surface area contributed by atoms with E-state index in [2.05, 4.69) is 5.32 Å². The first-order valence-corrected chi connectivity index (χ1v) is 12.9. The van der Waals surface area contributed by atoms with E-state index in [1.54, 1.807) is 37.0 Å². The van der Waals surface area contributed by atoms with Gasteiger partial charge in [-0.15, -0.1) is 0 Å². The van der Waals surface area contributed by atoms with Crippen molar-refractivity contribution in [3.05, 3.63) is 120 Å². The molecule has 7 nitrogen and oxygen atoms in total. The molecule has 1 amide bonds. The van der Waals surface area contributed by atoms with Gasteiger partial charge in [0.25, 0.3) is 11.5 Å². The molecule has 1 aromatic heterocycles. The Morgan fingerprint density at radius 3 is 2.42 bits per heavy atom. The van der Waals surface area contributed by atoms with Gasteiger partial charge in [-0.1, -0.05) is 59.4 Å². The molecule has 2 heterocycles. The maximum Gasteiger partial charge on any atom is 0.271 e. The van der Waals surface area contributed by atoms with Gasteiger partial charge < -0.3 is 14.8 Å². The SMILES string of the molecule is COc1ccc(OC)c(/C=c2\sc3n(c2=O)C(c2ccc(C)cc2)C(C(=O)Nc2ccccc2)=C(C)N=3)c1. The Morgan fingerprint density at radius 2 is 1.74 bits per heavy atom. The summed E-state index contributed by atoms with van der Waals surface area (Å²) >= 11 is 1.28. The van der Waals surface area contributed by atoms with E-state index in [1.807, 2.05) is 74.5 Å². The molecule has 0 saturated heterocycles. The lowest BCUT2D eigenvalue weighted by molar-refractivity contribution is -0.113. The van der Waals surface area contributed by atoms with Gasteiger partial charge in [-0.25, -0.2) is 4.99 Å². The summed E-state index contributed by atoms with van der Waals surface area (Å²) in [6.07, 6.45) is 1.78. The zero-order chi connectivity index (χ0) is 26.8. The Labute approximate surface area is 224 Å². The van der Waals surface area contributed by atoms with Crippen molar-refractivity contribution < 1.29 is 14.3 Å². The number of para-hydroxylation sites is 1. The minimum atomic E-state index is -0.634. The predicted molar refractivity (Wildman–Crippen MR) is 150 cm³/mol. The van der Waals surface area contributed by atoms with Gasteiger partial charge in [-0.3, -0.25) is 14.2 Å². The molecule has 1 aliphatic rings. The first kappa shape index (κ1) is 25.2. The third-order valence-electron chi connectivity index (χ3n) is 6.41. The molecule has 0 bridgehead atoms. The van der Waals surface area contributed by atoms with Gasteiger partial charge in [0.2, 0.25) is 0 Å². The van der Waals surface area contributed by atoms with Crippen LogP contribution < -0.4 is 29.7 Å². The molecule has 3 aromatic carbocycles. The van der Waals surface area contributed by atoms with Crippen LogP contribution in [-0.2, 0) is 4.79 Å². The molecule has 4 aromatic rings. The van der Waals surface area contributed by atoms with Gasteiger partial charge >= 0.3 is 0 Å². The second kappa shape index (κ2) is 10.5. The van der Waals surface area contributed by atoms with Crippen molar-refractivity contribution in [1.29, 1.82) is 0 Å². The largest absolute Gasteiger partial charge is 0.497 e. The van der Waals surface area contributed by atoms with E-state index < -0.39 is 6.04 Å². The number of hydrogen-bond acceptors (Lipinski definition) is 6. The van der Waals surface area contributed by atoms with Gasteiger partial charge in [-0.05, 0) is 55.8 Å². The molecule has 1 N–H and O–H groups in total. The fourth-order valence-corrected chi connectivity index (χ4v) is 5.53. The minimum absolute atomic E-state index is 0.235. The van der Waals surface area contributed by atoms with Crippen LogP contribution in [0.15, 0.2) is 93.9 Å². The molecule has 1 unspecified atom stereocenters. The van der Waals surface area contributed by atoms with Crippen LogP contribution in [0.1, 0.15) is 29.7 Å². The molecule has 8 heteroatoms. The zero-order valence-electron chi connectivity index (χ0n) is 21.5. The summed E-state index contributed by atoms with van der Waals surface area (Å²) < 4.78 is 13.0. The summed E-state index contributed by atoms with van der Waals surface area (Å²) in [6, 6.07) is 21.9. The van der Waals surface area contributed by atoms with Gasteiger partial charge in [-0.2, -0.15) is 0 Å². The van der Waals surface area contributed by atoms with Crippen molar-refractivity contribution in [2.45, 2.75) is 19.9 Å². The third-order valence-corrected chi connectivity index (χ3v) is 7.40. The summed E-state index contributed by atoms with van der Waals surface area (Å²) in [6.45, 7) is 3.81. The number of benzene rings is 3. The molecule has 5 rings (SSSR count). The summed E-state index contributed by atoms with van der Waals surface area (Å²) in [4.78, 5) is 32.8. The van der Waals surface area contributed by atoms with E-state index in [-0.39, 0.29) is 11.5 Å². The fraction of sp³-hybridized carbons (Fsp3) is 0.167. The van der Waals surface area contributed by atoms with Crippen molar-refractivity contribution in [1.82, 2.24) is 4.57 Å². The van der Waals surface area contributed by atoms with Gasteiger partial charge in [0.05, 0.1) is 36.1 Å². The predicted octanol–water partition coefficient (Wildman–Crippen LogP) is 4.20. The molecule has 1 atom stereocenters. The molecular weight excluding hydrogens is 498 g/mol. The van der Waals surface area contributed by atoms with E-state index in [1.165, 1.54) is 11.3 Å². The van der Waals surface area contributed by atoms with E-state index >= 15 is 0 Å². The summed E-state index contributed by atoms with van der Waals surface area (Å²) in [5.41, 5.74) is 4.05. The molecular formula is C30H27N3O4S. The van der Waals surface area contributed by atoms with Crippen molar-refractivity contribution in [3.8, 4) is 11.5 Å². The Morgan fingerprint density at radius 1 is 1.00 bits per heavy atom. The average molecular weight is 526 g/mol. The quantitative estimate of drug-likeness (QED) is 0.409. The molecule has 0 spiro atoms. The number of anilines is 1. The van der Waals surface area contributed by atoms with Crippen LogP contribution in [-0.4, -0.2) is 24.7 Å². The average Bonchev–Trinajstić information content (AvgIpc) is 3.22. The first-order valence-electron chi connectivity index (χ1n) is 12.1. The van der Waals surface area contributed by atoms with E-state index in [9.17, 15) is 9.59 Å². The number of amides is 1. The number of carbonyl (C=O) groups excluding carboxylic acids is 1. The zero-order valence-corrected chi connectivity index (χ0v) is 22.3. The number of thiazole rings is 1. The maximum absolute atomic E-state index is 13.9. The van der Waals surface area contributed by atoms with E-state index in [4.69, 9.17) is 14.5 Å². The fourth-order valence-electron chi connectivity index (χ4n) is 4.49. The topological polar surface area (TPSA) is 81.9 Å². The summed E-state index contributed by atoms with van der Waals surface area (Å²) in [5.74, 6) is 0.968. The van der Waals surface area contributed by atoms with E-state index in [0.29, 0.717) is 43.4 Å². The highest BCUT2D eigenvalue weighted by molar-refractivity contribution is 7.07. The molecule has 1 aliphatic heterocycles. The first-order chi connectivity index (χ1) is 18.4. The number of allylic oxidation sites excluding steroid dienone is 1. The molecule has 0 saturated carbocycles. The van der Waals surface area contributed by atoms with Crippen molar-refractivity contribution >= 4 is 29.0 Å². The molecule has 0 fully saturated rings. The Balaban J connectivity index is 1.69. The van der Waals surface area contributed by atoms with Crippen LogP contribution in [0.4, 0.5) is 5.69 Å². The number of aromatic nitrogens is 1. The van der Waals surface area contributed by atoms with Gasteiger partial charge in [0.1, 0.15) is 11.5 Å². The molecule has 0 aliphatic carbocycles. The minimum Gasteiger partial charge on any atom is -0.497 e. The number of fused-ring (bicyclic) bond motifs is 1. The number of aryl methyl sites for hydroxylation is 1. The molecule has 38 heavy (non-hydrogen) atoms. The molecule has 192 valence electrons. The van der Waals surface area contributed by atoms with Crippen molar-refractivity contribution in [2.75, 3.05) is 19.5 Å². The second-order valence-corrected chi connectivity index (χ2v) is 9.93. The Hall–Kier alpha value is -4.43. The summed E-state index contributed by atoms with van der Waals surface area (Å²) in [7, 11) is 3.17. The van der Waals surface area contributed by atoms with Crippen LogP contribution in [0.25, 0.3) is 6.08 Å². The number of methoxy groups -OCH3 is 2. The number of rotatable bonds is 6. The third kappa shape index (κ3) is 4.78. The van der Waals surface area contributed by atoms with Crippen LogP contribution in [0.5, 0.6) is 11.5 Å². The lowest BCUT2D eigenvalue weighted by Crippen LogP contribution is -2.40. The highest BCUT2D eigenvalue weighted by Crippen LogP contribution is 2.31. The number of nitrogens with zero attached hydrogens (tertiary/aromatic N) is 2. The number of nitrogens with one attached hydrogen (secondary N) is 1. The summed E-state index contributed by atoms with van der Waals surface area (Å²) in [5, 5.41) is 2.97. The van der Waals surface area contributed by atoms with Gasteiger partial charge in [0, 0.05) is 11.3 Å². The smallest absolute Gasteiger partial charge is 0.271 e. The highest BCUT2D eigenvalue weighted by atomic mass is 32.1. The number of carbonyl (C=O) groups is 1. The standard InChI is InChI=1S/C30H27N3O4S/c1-18-10-12-20(13-11-18)27-26(28(34)32-22-8-6-5-7-9-22)19(2)31-30-33(27)29(35)25(38-30)17-21-16-23(36-3)14-15-24(21)37-4/h5-17,27H,1-4H3,(H,32,34)/b25-17-. The van der Waals surface area contributed by atoms with Gasteiger partial charge in [0.15, 0.2) is 4.80 Å². The maximum atomic E-state index is 13.9. The van der Waals surface area contributed by atoms with Crippen LogP contribution in [0, 0.1) is 6.92 Å². The highest BCUT2D eigenvalue weighted by Gasteiger charge is 2.32. The molecule has 0 radical (unpaired) electrons. The second-order valence-electron chi connectivity index (χ2n) is 8.92. The van der Waals surface area contributed by atoms with E-state index in [0.717, 1.165) is 11.1 Å². The van der Waals surface area contributed by atoms with Crippen LogP contribution in [0.2, 0.25) is 0 Å².